The third-order valence-corrected chi connectivity index (χ3v) is 6.35. The molecule has 0 saturated carbocycles. The van der Waals surface area contributed by atoms with E-state index >= 15 is 0 Å². The van der Waals surface area contributed by atoms with Crippen molar-refractivity contribution < 1.29 is 8.42 Å². The normalized spacial score (nSPS) is 18.5. The van der Waals surface area contributed by atoms with Gasteiger partial charge in [0.1, 0.15) is 10.5 Å². The van der Waals surface area contributed by atoms with Crippen molar-refractivity contribution in [1.29, 1.82) is 0 Å². The van der Waals surface area contributed by atoms with Crippen LogP contribution < -0.4 is 5.32 Å². The molecule has 0 amide bonds. The maximum Gasteiger partial charge on any atom is 0.225 e. The van der Waals surface area contributed by atoms with Crippen LogP contribution in [0, 0.1) is 5.92 Å². The van der Waals surface area contributed by atoms with Gasteiger partial charge in [0, 0.05) is 30.5 Å². The van der Waals surface area contributed by atoms with E-state index in [9.17, 15) is 8.42 Å². The second-order valence-electron chi connectivity index (χ2n) is 6.40. The largest absolute Gasteiger partial charge is 0.331 e. The Balaban J connectivity index is 1.80. The van der Waals surface area contributed by atoms with Crippen LogP contribution in [-0.2, 0) is 16.4 Å². The van der Waals surface area contributed by atoms with Crippen molar-refractivity contribution in [3.8, 4) is 0 Å². The summed E-state index contributed by atoms with van der Waals surface area (Å²) in [6, 6.07) is 8.50. The van der Waals surface area contributed by atoms with Crippen LogP contribution in [0.2, 0.25) is 0 Å². The second-order valence-corrected chi connectivity index (χ2v) is 8.27. The number of fused-ring (bicyclic) bond motifs is 1. The predicted octanol–water partition coefficient (Wildman–Crippen LogP) is 2.26. The monoisotopic (exact) mass is 356 g/mol. The van der Waals surface area contributed by atoms with Crippen LogP contribution in [0.1, 0.15) is 12.8 Å². The van der Waals surface area contributed by atoms with Crippen molar-refractivity contribution in [2.45, 2.75) is 29.3 Å². The summed E-state index contributed by atoms with van der Waals surface area (Å²) in [4.78, 5) is 8.74. The number of pyridine rings is 2. The van der Waals surface area contributed by atoms with Crippen LogP contribution >= 0.6 is 0 Å². The summed E-state index contributed by atoms with van der Waals surface area (Å²) in [5.74, 6) is 0.483. The van der Waals surface area contributed by atoms with Gasteiger partial charge in [-0.2, -0.15) is 0 Å². The molecule has 1 N–H and O–H groups in total. The van der Waals surface area contributed by atoms with Gasteiger partial charge in [0.05, 0.1) is 0 Å². The van der Waals surface area contributed by atoms with Crippen LogP contribution in [0.15, 0.2) is 58.8 Å². The molecule has 1 fully saturated rings. The van der Waals surface area contributed by atoms with Gasteiger partial charge in [-0.3, -0.25) is 0 Å². The van der Waals surface area contributed by atoms with Gasteiger partial charge in [-0.25, -0.2) is 18.4 Å². The molecule has 3 aromatic heterocycles. The SMILES string of the molecule is O=S(=O)(c1ccccn1)c1cn(CC2CCCNC2)c2ncccc12. The number of nitrogens with zero attached hydrogens (tertiary/aromatic N) is 3. The first-order valence-corrected chi connectivity index (χ1v) is 9.95. The van der Waals surface area contributed by atoms with Crippen LogP contribution in [0.5, 0.6) is 0 Å². The smallest absolute Gasteiger partial charge is 0.225 e. The highest BCUT2D eigenvalue weighted by atomic mass is 32.2. The lowest BCUT2D eigenvalue weighted by molar-refractivity contribution is 0.340. The summed E-state index contributed by atoms with van der Waals surface area (Å²) in [5.41, 5.74) is 0.711. The number of piperidine rings is 1. The maximum atomic E-state index is 13.0. The average Bonchev–Trinajstić information content (AvgIpc) is 3.03. The van der Waals surface area contributed by atoms with E-state index in [4.69, 9.17) is 0 Å². The lowest BCUT2D eigenvalue weighted by Crippen LogP contribution is -2.32. The van der Waals surface area contributed by atoms with Gasteiger partial charge in [0.15, 0.2) is 5.03 Å². The summed E-state index contributed by atoms with van der Waals surface area (Å²) in [5, 5.41) is 4.12. The highest BCUT2D eigenvalue weighted by molar-refractivity contribution is 7.91. The molecule has 4 rings (SSSR count). The van der Waals surface area contributed by atoms with Gasteiger partial charge in [0.25, 0.3) is 0 Å². The summed E-state index contributed by atoms with van der Waals surface area (Å²) in [6.07, 6.45) is 7.21. The minimum absolute atomic E-state index is 0.0669. The zero-order valence-electron chi connectivity index (χ0n) is 13.8. The van der Waals surface area contributed by atoms with Gasteiger partial charge in [0.2, 0.25) is 9.84 Å². The molecule has 0 radical (unpaired) electrons. The fraction of sp³-hybridized carbons (Fsp3) is 0.333. The van der Waals surface area contributed by atoms with E-state index < -0.39 is 9.84 Å². The number of rotatable bonds is 4. The van der Waals surface area contributed by atoms with E-state index in [1.807, 2.05) is 10.6 Å². The average molecular weight is 356 g/mol. The summed E-state index contributed by atoms with van der Waals surface area (Å²) in [6.45, 7) is 2.77. The Labute approximate surface area is 146 Å². The summed E-state index contributed by atoms with van der Waals surface area (Å²) < 4.78 is 28.0. The predicted molar refractivity (Wildman–Crippen MR) is 95.0 cm³/mol. The van der Waals surface area contributed by atoms with Crippen LogP contribution in [0.4, 0.5) is 0 Å². The Morgan fingerprint density at radius 1 is 1.16 bits per heavy atom. The molecule has 1 atom stereocenters. The van der Waals surface area contributed by atoms with Gasteiger partial charge in [-0.1, -0.05) is 6.07 Å². The second kappa shape index (κ2) is 6.57. The minimum Gasteiger partial charge on any atom is -0.331 e. The first-order valence-electron chi connectivity index (χ1n) is 8.47. The van der Waals surface area contributed by atoms with Crippen molar-refractivity contribution in [2.24, 2.45) is 5.92 Å². The number of nitrogens with one attached hydrogen (secondary N) is 1. The Morgan fingerprint density at radius 3 is 2.80 bits per heavy atom. The Morgan fingerprint density at radius 2 is 2.04 bits per heavy atom. The lowest BCUT2D eigenvalue weighted by atomic mass is 10.00. The zero-order chi connectivity index (χ0) is 17.3. The van der Waals surface area contributed by atoms with Crippen LogP contribution in [-0.4, -0.2) is 36.0 Å². The molecule has 25 heavy (non-hydrogen) atoms. The molecule has 0 spiro atoms. The highest BCUT2D eigenvalue weighted by Crippen LogP contribution is 2.29. The third-order valence-electron chi connectivity index (χ3n) is 4.65. The van der Waals surface area contributed by atoms with Gasteiger partial charge in [-0.15, -0.1) is 0 Å². The molecule has 1 aliphatic rings. The van der Waals surface area contributed by atoms with Crippen LogP contribution in [0.25, 0.3) is 11.0 Å². The quantitative estimate of drug-likeness (QED) is 0.776. The van der Waals surface area contributed by atoms with E-state index in [1.165, 1.54) is 12.3 Å². The fourth-order valence-corrected chi connectivity index (χ4v) is 4.82. The van der Waals surface area contributed by atoms with E-state index in [-0.39, 0.29) is 9.92 Å². The van der Waals surface area contributed by atoms with E-state index in [0.717, 1.165) is 32.5 Å². The molecule has 4 heterocycles. The molecule has 1 aliphatic heterocycles. The Bertz CT molecular complexity index is 977. The zero-order valence-corrected chi connectivity index (χ0v) is 14.6. The number of aromatic nitrogens is 3. The molecular weight excluding hydrogens is 336 g/mol. The van der Waals surface area contributed by atoms with Crippen molar-refractivity contribution >= 4 is 20.9 Å². The number of hydrogen-bond donors (Lipinski definition) is 1. The number of sulfone groups is 1. The van der Waals surface area contributed by atoms with Gasteiger partial charge in [-0.05, 0) is 56.1 Å². The molecule has 1 saturated heterocycles. The third kappa shape index (κ3) is 3.05. The summed E-state index contributed by atoms with van der Waals surface area (Å²) in [7, 11) is -3.67. The van der Waals surface area contributed by atoms with Crippen LogP contribution in [0.3, 0.4) is 0 Å². The van der Waals surface area contributed by atoms with Gasteiger partial charge >= 0.3 is 0 Å². The molecule has 7 heteroatoms. The Hall–Kier alpha value is -2.25. The maximum absolute atomic E-state index is 13.0. The fourth-order valence-electron chi connectivity index (χ4n) is 3.42. The molecule has 0 aromatic carbocycles. The topological polar surface area (TPSA) is 76.9 Å². The van der Waals surface area contributed by atoms with E-state index in [1.54, 1.807) is 30.6 Å². The van der Waals surface area contributed by atoms with Gasteiger partial charge < -0.3 is 9.88 Å². The van der Waals surface area contributed by atoms with E-state index in [2.05, 4.69) is 15.3 Å². The molecule has 3 aromatic rings. The minimum atomic E-state index is -3.67. The first kappa shape index (κ1) is 16.2. The standard InChI is InChI=1S/C18H20N4O2S/c23-25(24,17-7-1-2-9-20-17)16-13-22(12-14-5-3-8-19-11-14)18-15(16)6-4-10-21-18/h1-2,4,6-7,9-10,13-14,19H,3,5,8,11-12H2. The molecule has 1 unspecified atom stereocenters. The van der Waals surface area contributed by atoms with E-state index in [0.29, 0.717) is 17.0 Å². The summed E-state index contributed by atoms with van der Waals surface area (Å²) >= 11 is 0. The van der Waals surface area contributed by atoms with Crippen molar-refractivity contribution in [1.82, 2.24) is 19.9 Å². The van der Waals surface area contributed by atoms with Crippen molar-refractivity contribution in [3.63, 3.8) is 0 Å². The van der Waals surface area contributed by atoms with Crippen molar-refractivity contribution in [3.05, 3.63) is 48.9 Å². The van der Waals surface area contributed by atoms with Crippen molar-refractivity contribution in [2.75, 3.05) is 13.1 Å². The molecule has 6 nitrogen and oxygen atoms in total. The highest BCUT2D eigenvalue weighted by Gasteiger charge is 2.25. The molecule has 0 aliphatic carbocycles. The molecular formula is C18H20N4O2S. The first-order chi connectivity index (χ1) is 12.2. The lowest BCUT2D eigenvalue weighted by Gasteiger charge is -2.23. The molecule has 130 valence electrons. The number of hydrogen-bond acceptors (Lipinski definition) is 5. The molecule has 0 bridgehead atoms. The Kier molecular flexibility index (Phi) is 4.27.